The van der Waals surface area contributed by atoms with Crippen LogP contribution in [0.1, 0.15) is 53.9 Å². The van der Waals surface area contributed by atoms with E-state index in [2.05, 4.69) is 10.0 Å². The van der Waals surface area contributed by atoms with Crippen LogP contribution in [-0.2, 0) is 24.3 Å². The maximum absolute atomic E-state index is 13.3. The first-order chi connectivity index (χ1) is 15.0. The summed E-state index contributed by atoms with van der Waals surface area (Å²) in [4.78, 5) is 28.0. The van der Waals surface area contributed by atoms with Crippen molar-refractivity contribution in [3.05, 3.63) is 30.3 Å². The molecule has 1 saturated heterocycles. The highest BCUT2D eigenvalue weighted by molar-refractivity contribution is 7.89. The maximum Gasteiger partial charge on any atom is 0.243 e. The fraction of sp³-hybridized carbons (Fsp3) is 0.652. The highest BCUT2D eigenvalue weighted by Gasteiger charge is 2.36. The summed E-state index contributed by atoms with van der Waals surface area (Å²) in [6.07, 6.45) is 2.26. The van der Waals surface area contributed by atoms with E-state index < -0.39 is 34.1 Å². The summed E-state index contributed by atoms with van der Waals surface area (Å²) in [5.74, 6) is -0.869. The summed E-state index contributed by atoms with van der Waals surface area (Å²) in [6, 6.07) is 7.15. The van der Waals surface area contributed by atoms with Crippen molar-refractivity contribution in [1.82, 2.24) is 14.9 Å². The number of sulfonamides is 1. The number of nitrogens with zero attached hydrogens (tertiary/aromatic N) is 1. The van der Waals surface area contributed by atoms with Crippen molar-refractivity contribution in [2.75, 3.05) is 19.7 Å². The van der Waals surface area contributed by atoms with Crippen molar-refractivity contribution < 1.29 is 22.7 Å². The fourth-order valence-corrected chi connectivity index (χ4v) is 4.62. The van der Waals surface area contributed by atoms with Gasteiger partial charge in [0, 0.05) is 18.7 Å². The third-order valence-corrected chi connectivity index (χ3v) is 7.21. The number of nitrogens with one attached hydrogen (secondary N) is 2. The van der Waals surface area contributed by atoms with E-state index in [0.717, 1.165) is 19.3 Å². The quantitative estimate of drug-likeness (QED) is 0.520. The second-order valence-electron chi connectivity index (χ2n) is 9.23. The summed E-state index contributed by atoms with van der Waals surface area (Å²) < 4.78 is 33.3. The van der Waals surface area contributed by atoms with E-state index in [-0.39, 0.29) is 29.4 Å². The number of hydrogen-bond donors (Lipinski definition) is 2. The molecule has 0 radical (unpaired) electrons. The number of rotatable bonds is 11. The third-order valence-electron chi connectivity index (χ3n) is 5.79. The first-order valence-corrected chi connectivity index (χ1v) is 12.7. The van der Waals surface area contributed by atoms with Crippen LogP contribution in [0, 0.1) is 5.92 Å². The minimum absolute atomic E-state index is 0.0846. The lowest BCUT2D eigenvalue weighted by molar-refractivity contribution is -0.144. The average molecular weight is 468 g/mol. The minimum Gasteiger partial charge on any atom is -0.376 e. The molecule has 1 aromatic rings. The van der Waals surface area contributed by atoms with Crippen LogP contribution in [0.5, 0.6) is 0 Å². The Kier molecular flexibility index (Phi) is 9.24. The van der Waals surface area contributed by atoms with Gasteiger partial charge in [0.05, 0.1) is 17.5 Å². The molecule has 0 bridgehead atoms. The van der Waals surface area contributed by atoms with Crippen molar-refractivity contribution in [2.24, 2.45) is 5.92 Å². The molecule has 8 nitrogen and oxygen atoms in total. The normalized spacial score (nSPS) is 17.9. The fourth-order valence-electron chi connectivity index (χ4n) is 3.62. The maximum atomic E-state index is 13.3. The lowest BCUT2D eigenvalue weighted by Crippen LogP contribution is -2.59. The Bertz CT molecular complexity index is 865. The van der Waals surface area contributed by atoms with Crippen molar-refractivity contribution >= 4 is 21.8 Å². The summed E-state index contributed by atoms with van der Waals surface area (Å²) in [5, 5.41) is 3.03. The van der Waals surface area contributed by atoms with Gasteiger partial charge >= 0.3 is 0 Å². The number of carbonyl (C=O) groups excluding carboxylic acids is 2. The zero-order valence-corrected chi connectivity index (χ0v) is 20.6. The second-order valence-corrected chi connectivity index (χ2v) is 11.0. The van der Waals surface area contributed by atoms with Gasteiger partial charge in [0.1, 0.15) is 6.04 Å². The van der Waals surface area contributed by atoms with Gasteiger partial charge in [-0.3, -0.25) is 9.59 Å². The lowest BCUT2D eigenvalue weighted by Gasteiger charge is -2.37. The van der Waals surface area contributed by atoms with Gasteiger partial charge < -0.3 is 15.0 Å². The van der Waals surface area contributed by atoms with Crippen molar-refractivity contribution in [2.45, 2.75) is 76.5 Å². The molecule has 180 valence electrons. The van der Waals surface area contributed by atoms with Gasteiger partial charge in [-0.05, 0) is 51.2 Å². The molecule has 0 aliphatic carbocycles. The molecule has 1 aromatic carbocycles. The summed E-state index contributed by atoms with van der Waals surface area (Å²) in [7, 11) is -3.84. The Labute approximate surface area is 192 Å². The SMILES string of the molecule is CCC(C)(C)NC(=O)[C@H](C(C)C)N(C[C@@H]1CCCO1)C(=O)CNS(=O)(=O)c1ccccc1. The Hall–Kier alpha value is -1.97. The average Bonchev–Trinajstić information content (AvgIpc) is 3.25. The van der Waals surface area contributed by atoms with Crippen LogP contribution in [0.3, 0.4) is 0 Å². The van der Waals surface area contributed by atoms with Crippen LogP contribution in [0.2, 0.25) is 0 Å². The van der Waals surface area contributed by atoms with Crippen LogP contribution >= 0.6 is 0 Å². The molecule has 2 atom stereocenters. The summed E-state index contributed by atoms with van der Waals surface area (Å²) in [5.41, 5.74) is -0.419. The smallest absolute Gasteiger partial charge is 0.243 e. The predicted octanol–water partition coefficient (Wildman–Crippen LogP) is 2.30. The molecule has 2 rings (SSSR count). The van der Waals surface area contributed by atoms with Crippen molar-refractivity contribution in [1.29, 1.82) is 0 Å². The molecule has 0 spiro atoms. The number of carbonyl (C=O) groups is 2. The Morgan fingerprint density at radius 1 is 1.22 bits per heavy atom. The Balaban J connectivity index is 2.23. The number of benzene rings is 1. The molecule has 0 aromatic heterocycles. The van der Waals surface area contributed by atoms with E-state index >= 15 is 0 Å². The van der Waals surface area contributed by atoms with Crippen LogP contribution < -0.4 is 10.0 Å². The molecule has 2 N–H and O–H groups in total. The van der Waals surface area contributed by atoms with E-state index in [9.17, 15) is 18.0 Å². The van der Waals surface area contributed by atoms with Crippen LogP contribution in [0.25, 0.3) is 0 Å². The van der Waals surface area contributed by atoms with E-state index in [0.29, 0.717) is 6.61 Å². The molecule has 0 unspecified atom stereocenters. The third kappa shape index (κ3) is 7.28. The van der Waals surface area contributed by atoms with Crippen LogP contribution in [0.4, 0.5) is 0 Å². The Morgan fingerprint density at radius 3 is 2.41 bits per heavy atom. The minimum atomic E-state index is -3.84. The molecule has 0 saturated carbocycles. The lowest BCUT2D eigenvalue weighted by atomic mass is 9.96. The number of ether oxygens (including phenoxy) is 1. The largest absolute Gasteiger partial charge is 0.376 e. The highest BCUT2D eigenvalue weighted by atomic mass is 32.2. The van der Waals surface area contributed by atoms with Crippen LogP contribution in [0.15, 0.2) is 35.2 Å². The van der Waals surface area contributed by atoms with Gasteiger partial charge in [-0.2, -0.15) is 0 Å². The molecule has 1 fully saturated rings. The zero-order chi connectivity index (χ0) is 23.9. The van der Waals surface area contributed by atoms with Gasteiger partial charge in [0.25, 0.3) is 0 Å². The zero-order valence-electron chi connectivity index (χ0n) is 19.8. The van der Waals surface area contributed by atoms with E-state index in [1.54, 1.807) is 18.2 Å². The van der Waals surface area contributed by atoms with Gasteiger partial charge in [0.2, 0.25) is 21.8 Å². The molecular weight excluding hydrogens is 430 g/mol. The van der Waals surface area contributed by atoms with E-state index in [4.69, 9.17) is 4.74 Å². The summed E-state index contributed by atoms with van der Waals surface area (Å²) >= 11 is 0. The van der Waals surface area contributed by atoms with Gasteiger partial charge in [0.15, 0.2) is 0 Å². The number of amides is 2. The van der Waals surface area contributed by atoms with Gasteiger partial charge in [-0.25, -0.2) is 13.1 Å². The molecule has 2 amide bonds. The van der Waals surface area contributed by atoms with E-state index in [1.165, 1.54) is 17.0 Å². The van der Waals surface area contributed by atoms with Gasteiger partial charge in [-0.1, -0.05) is 39.0 Å². The standard InChI is InChI=1S/C23H37N3O5S/c1-6-23(4,5)25-22(28)21(17(2)3)26(16-18-11-10-14-31-18)20(27)15-24-32(29,30)19-12-8-7-9-13-19/h7-9,12-13,17-18,21,24H,6,10-11,14-16H2,1-5H3,(H,25,28)/t18-,21-/m0/s1. The first-order valence-electron chi connectivity index (χ1n) is 11.2. The predicted molar refractivity (Wildman–Crippen MR) is 123 cm³/mol. The molecule has 32 heavy (non-hydrogen) atoms. The second kappa shape index (κ2) is 11.2. The molecule has 1 aliphatic rings. The first kappa shape index (κ1) is 26.3. The molecule has 1 aliphatic heterocycles. The van der Waals surface area contributed by atoms with E-state index in [1.807, 2.05) is 34.6 Å². The van der Waals surface area contributed by atoms with Crippen molar-refractivity contribution in [3.8, 4) is 0 Å². The Morgan fingerprint density at radius 2 is 1.88 bits per heavy atom. The molecular formula is C23H37N3O5S. The molecule has 9 heteroatoms. The number of hydrogen-bond acceptors (Lipinski definition) is 5. The topological polar surface area (TPSA) is 105 Å². The summed E-state index contributed by atoms with van der Waals surface area (Å²) in [6.45, 7) is 10.0. The van der Waals surface area contributed by atoms with Crippen LogP contribution in [-0.4, -0.2) is 62.5 Å². The van der Waals surface area contributed by atoms with Gasteiger partial charge in [-0.15, -0.1) is 0 Å². The monoisotopic (exact) mass is 467 g/mol. The molecule has 1 heterocycles. The van der Waals surface area contributed by atoms with Crippen molar-refractivity contribution in [3.63, 3.8) is 0 Å². The highest BCUT2D eigenvalue weighted by Crippen LogP contribution is 2.20.